The molecule has 1 aromatic rings. The van der Waals surface area contributed by atoms with Gasteiger partial charge >= 0.3 is 0 Å². The van der Waals surface area contributed by atoms with Crippen LogP contribution in [0.15, 0.2) is 35.3 Å². The summed E-state index contributed by atoms with van der Waals surface area (Å²) in [6, 6.07) is 11.1. The smallest absolute Gasteiger partial charge is 0.101 e. The van der Waals surface area contributed by atoms with Crippen molar-refractivity contribution >= 4 is 5.84 Å². The van der Waals surface area contributed by atoms with E-state index < -0.39 is 0 Å². The van der Waals surface area contributed by atoms with Crippen molar-refractivity contribution in [3.63, 3.8) is 0 Å². The van der Waals surface area contributed by atoms with Gasteiger partial charge in [0.05, 0.1) is 18.2 Å². The number of hydrogen-bond acceptors (Lipinski definition) is 3. The molecule has 0 radical (unpaired) electrons. The van der Waals surface area contributed by atoms with Crippen LogP contribution in [0, 0.1) is 0 Å². The minimum Gasteiger partial charge on any atom is -0.393 e. The molecule has 2 N–H and O–H groups in total. The molecule has 1 heterocycles. The number of aliphatic hydroxyl groups excluding tert-OH is 1. The third-order valence-corrected chi connectivity index (χ3v) is 3.67. The second-order valence-corrected chi connectivity index (χ2v) is 5.02. The average Bonchev–Trinajstić information content (AvgIpc) is 2.71. The average molecular weight is 230 g/mol. The zero-order valence-corrected chi connectivity index (χ0v) is 9.84. The van der Waals surface area contributed by atoms with Crippen LogP contribution >= 0.6 is 0 Å². The predicted molar refractivity (Wildman–Crippen MR) is 68.2 cm³/mol. The van der Waals surface area contributed by atoms with E-state index in [9.17, 15) is 5.11 Å². The maximum absolute atomic E-state index is 9.64. The minimum absolute atomic E-state index is 0.143. The van der Waals surface area contributed by atoms with E-state index >= 15 is 0 Å². The van der Waals surface area contributed by atoms with Crippen LogP contribution in [0.1, 0.15) is 24.8 Å². The first-order valence-corrected chi connectivity index (χ1v) is 6.36. The van der Waals surface area contributed by atoms with Gasteiger partial charge in [-0.2, -0.15) is 0 Å². The zero-order chi connectivity index (χ0) is 11.7. The quantitative estimate of drug-likeness (QED) is 0.809. The van der Waals surface area contributed by atoms with Crippen molar-refractivity contribution < 1.29 is 5.11 Å². The monoisotopic (exact) mass is 230 g/mol. The maximum atomic E-state index is 9.64. The van der Waals surface area contributed by atoms with Gasteiger partial charge in [0.1, 0.15) is 5.84 Å². The molecular formula is C14H18N2O. The van der Waals surface area contributed by atoms with E-state index in [0.29, 0.717) is 12.1 Å². The van der Waals surface area contributed by atoms with E-state index in [4.69, 9.17) is 4.99 Å². The molecule has 2 aliphatic rings. The van der Waals surface area contributed by atoms with Gasteiger partial charge in [0.25, 0.3) is 0 Å². The Labute approximate surface area is 102 Å². The van der Waals surface area contributed by atoms with Gasteiger partial charge in [-0.1, -0.05) is 30.3 Å². The first-order chi connectivity index (χ1) is 8.31. The summed E-state index contributed by atoms with van der Waals surface area (Å²) in [5, 5.41) is 13.1. The summed E-state index contributed by atoms with van der Waals surface area (Å²) in [4.78, 5) is 4.73. The number of nitrogens with one attached hydrogen (secondary N) is 1. The van der Waals surface area contributed by atoms with E-state index in [1.807, 2.05) is 6.07 Å². The third kappa shape index (κ3) is 2.34. The normalized spacial score (nSPS) is 31.6. The Balaban J connectivity index is 1.67. The van der Waals surface area contributed by atoms with Gasteiger partial charge < -0.3 is 10.4 Å². The van der Waals surface area contributed by atoms with Gasteiger partial charge in [-0.15, -0.1) is 0 Å². The van der Waals surface area contributed by atoms with E-state index in [2.05, 4.69) is 29.6 Å². The van der Waals surface area contributed by atoms with Gasteiger partial charge in [0, 0.05) is 6.42 Å². The fraction of sp³-hybridized carbons (Fsp3) is 0.500. The van der Waals surface area contributed by atoms with Gasteiger partial charge in [-0.05, 0) is 24.8 Å². The van der Waals surface area contributed by atoms with E-state index in [-0.39, 0.29) is 6.10 Å². The zero-order valence-electron chi connectivity index (χ0n) is 9.84. The van der Waals surface area contributed by atoms with E-state index in [1.165, 1.54) is 5.56 Å². The number of nitrogens with zero attached hydrogens (tertiary/aromatic N) is 1. The Bertz CT molecular complexity index is 415. The number of amidine groups is 1. The molecule has 0 amide bonds. The van der Waals surface area contributed by atoms with Crippen LogP contribution < -0.4 is 5.32 Å². The van der Waals surface area contributed by atoms with Crippen LogP contribution in [0.4, 0.5) is 0 Å². The van der Waals surface area contributed by atoms with Crippen LogP contribution in [0.5, 0.6) is 0 Å². The summed E-state index contributed by atoms with van der Waals surface area (Å²) < 4.78 is 0. The molecule has 1 fully saturated rings. The molecule has 3 nitrogen and oxygen atoms in total. The van der Waals surface area contributed by atoms with E-state index in [0.717, 1.165) is 31.5 Å². The maximum Gasteiger partial charge on any atom is 0.101 e. The predicted octanol–water partition coefficient (Wildman–Crippen LogP) is 1.51. The molecule has 0 bridgehead atoms. The number of aliphatic imine (C=N–C) groups is 1. The highest BCUT2D eigenvalue weighted by molar-refractivity contribution is 5.86. The van der Waals surface area contributed by atoms with Crippen LogP contribution in [0.25, 0.3) is 0 Å². The van der Waals surface area contributed by atoms with Crippen molar-refractivity contribution in [2.24, 2.45) is 4.99 Å². The highest BCUT2D eigenvalue weighted by Crippen LogP contribution is 2.25. The van der Waals surface area contributed by atoms with Crippen LogP contribution in [0.2, 0.25) is 0 Å². The molecule has 3 heteroatoms. The standard InChI is InChI=1S/C14H18N2O/c17-11-6-7-12-13(9-11)16-14(15-12)8-10-4-2-1-3-5-10/h1-5,11-13,17H,6-9H2,(H,15,16). The summed E-state index contributed by atoms with van der Waals surface area (Å²) in [7, 11) is 0. The highest BCUT2D eigenvalue weighted by Gasteiger charge is 2.34. The lowest BCUT2D eigenvalue weighted by Gasteiger charge is -2.27. The Morgan fingerprint density at radius 3 is 2.88 bits per heavy atom. The first-order valence-electron chi connectivity index (χ1n) is 6.36. The highest BCUT2D eigenvalue weighted by atomic mass is 16.3. The van der Waals surface area contributed by atoms with Crippen LogP contribution in [-0.4, -0.2) is 29.1 Å². The van der Waals surface area contributed by atoms with Crippen LogP contribution in [-0.2, 0) is 6.42 Å². The summed E-state index contributed by atoms with van der Waals surface area (Å²) in [6.45, 7) is 0. The van der Waals surface area contributed by atoms with Gasteiger partial charge in [0.15, 0.2) is 0 Å². The largest absolute Gasteiger partial charge is 0.393 e. The fourth-order valence-corrected chi connectivity index (χ4v) is 2.78. The molecule has 90 valence electrons. The molecule has 0 spiro atoms. The Kier molecular flexibility index (Phi) is 2.85. The molecule has 3 atom stereocenters. The molecule has 1 aliphatic carbocycles. The third-order valence-electron chi connectivity index (χ3n) is 3.67. The Morgan fingerprint density at radius 2 is 2.06 bits per heavy atom. The van der Waals surface area contributed by atoms with Gasteiger partial charge in [-0.25, -0.2) is 0 Å². The molecule has 1 saturated carbocycles. The lowest BCUT2D eigenvalue weighted by molar-refractivity contribution is 0.112. The van der Waals surface area contributed by atoms with Crippen molar-refractivity contribution in [3.05, 3.63) is 35.9 Å². The topological polar surface area (TPSA) is 44.6 Å². The second-order valence-electron chi connectivity index (χ2n) is 5.02. The number of aliphatic hydroxyl groups is 1. The second kappa shape index (κ2) is 4.49. The molecule has 0 aromatic heterocycles. The summed E-state index contributed by atoms with van der Waals surface area (Å²) >= 11 is 0. The van der Waals surface area contributed by atoms with Crippen molar-refractivity contribution in [3.8, 4) is 0 Å². The molecule has 1 aliphatic heterocycles. The number of fused-ring (bicyclic) bond motifs is 1. The van der Waals surface area contributed by atoms with Crippen LogP contribution in [0.3, 0.4) is 0 Å². The van der Waals surface area contributed by atoms with Crippen molar-refractivity contribution in [2.45, 2.75) is 43.9 Å². The Hall–Kier alpha value is -1.35. The Morgan fingerprint density at radius 1 is 1.24 bits per heavy atom. The molecule has 3 unspecified atom stereocenters. The summed E-state index contributed by atoms with van der Waals surface area (Å²) in [6.07, 6.45) is 3.48. The SMILES string of the molecule is OC1CCC2N=C(Cc3ccccc3)NC2C1. The molecule has 1 aromatic carbocycles. The molecule has 17 heavy (non-hydrogen) atoms. The molecule has 0 saturated heterocycles. The molecular weight excluding hydrogens is 212 g/mol. The fourth-order valence-electron chi connectivity index (χ4n) is 2.78. The van der Waals surface area contributed by atoms with E-state index in [1.54, 1.807) is 0 Å². The van der Waals surface area contributed by atoms with Gasteiger partial charge in [-0.3, -0.25) is 4.99 Å². The minimum atomic E-state index is -0.143. The summed E-state index contributed by atoms with van der Waals surface area (Å²) in [5.41, 5.74) is 1.29. The lowest BCUT2D eigenvalue weighted by atomic mass is 9.90. The lowest BCUT2D eigenvalue weighted by Crippen LogP contribution is -2.41. The summed E-state index contributed by atoms with van der Waals surface area (Å²) in [5.74, 6) is 1.08. The molecule has 3 rings (SSSR count). The first kappa shape index (κ1) is 10.8. The van der Waals surface area contributed by atoms with Gasteiger partial charge in [0.2, 0.25) is 0 Å². The van der Waals surface area contributed by atoms with Crippen molar-refractivity contribution in [1.29, 1.82) is 0 Å². The number of benzene rings is 1. The number of hydrogen-bond donors (Lipinski definition) is 2. The van der Waals surface area contributed by atoms with Crippen molar-refractivity contribution in [2.75, 3.05) is 0 Å². The number of rotatable bonds is 2. The van der Waals surface area contributed by atoms with Crippen molar-refractivity contribution in [1.82, 2.24) is 5.32 Å².